The van der Waals surface area contributed by atoms with E-state index < -0.39 is 34.0 Å². The van der Waals surface area contributed by atoms with Crippen molar-refractivity contribution in [1.29, 1.82) is 0 Å². The average Bonchev–Trinajstić information content (AvgIpc) is 3.23. The Kier molecular flexibility index (Phi) is 3.09. The van der Waals surface area contributed by atoms with E-state index in [9.17, 15) is 18.4 Å². The number of rotatable bonds is 2. The summed E-state index contributed by atoms with van der Waals surface area (Å²) in [7, 11) is 0. The lowest BCUT2D eigenvalue weighted by Crippen LogP contribution is -2.17. The molecule has 0 aliphatic heterocycles. The molecular formula is C13H8ClF2NO4. The van der Waals surface area contributed by atoms with Crippen LogP contribution >= 0.6 is 11.6 Å². The van der Waals surface area contributed by atoms with Crippen LogP contribution in [0.4, 0.5) is 13.6 Å². The summed E-state index contributed by atoms with van der Waals surface area (Å²) < 4.78 is 33.5. The van der Waals surface area contributed by atoms with E-state index in [-0.39, 0.29) is 16.9 Å². The van der Waals surface area contributed by atoms with Gasteiger partial charge in [0.15, 0.2) is 17.4 Å². The van der Waals surface area contributed by atoms with Gasteiger partial charge in [-0.2, -0.15) is 0 Å². The van der Waals surface area contributed by atoms with E-state index in [4.69, 9.17) is 16.7 Å². The van der Waals surface area contributed by atoms with Crippen LogP contribution in [-0.4, -0.2) is 15.8 Å². The van der Waals surface area contributed by atoms with Crippen LogP contribution < -0.4 is 10.2 Å². The summed E-state index contributed by atoms with van der Waals surface area (Å²) in [4.78, 5) is 22.7. The Balaban J connectivity index is 2.40. The number of aromatic nitrogens is 1. The molecule has 1 fully saturated rings. The fourth-order valence-corrected chi connectivity index (χ4v) is 2.39. The first-order valence-electron chi connectivity index (χ1n) is 6.03. The molecule has 5 nitrogen and oxygen atoms in total. The van der Waals surface area contributed by atoms with E-state index in [0.29, 0.717) is 12.8 Å². The summed E-state index contributed by atoms with van der Waals surface area (Å²) in [6.45, 7) is 0. The van der Waals surface area contributed by atoms with Gasteiger partial charge in [0, 0.05) is 6.04 Å². The van der Waals surface area contributed by atoms with Crippen molar-refractivity contribution >= 4 is 28.7 Å². The second-order valence-electron chi connectivity index (χ2n) is 4.71. The molecule has 1 aromatic heterocycles. The van der Waals surface area contributed by atoms with Gasteiger partial charge < -0.3 is 14.4 Å². The van der Waals surface area contributed by atoms with E-state index in [0.717, 1.165) is 12.3 Å². The molecule has 8 heteroatoms. The van der Waals surface area contributed by atoms with Gasteiger partial charge in [-0.05, 0) is 18.9 Å². The number of fused-ring (bicyclic) bond motifs is 1. The van der Waals surface area contributed by atoms with Gasteiger partial charge in [-0.25, -0.2) is 13.6 Å². The summed E-state index contributed by atoms with van der Waals surface area (Å²) in [6, 6.07) is 0.852. The van der Waals surface area contributed by atoms with Gasteiger partial charge in [-0.1, -0.05) is 11.6 Å². The Morgan fingerprint density at radius 2 is 2.05 bits per heavy atom. The quantitative estimate of drug-likeness (QED) is 0.682. The minimum absolute atomic E-state index is 0.126. The van der Waals surface area contributed by atoms with Gasteiger partial charge in [-0.15, -0.1) is 0 Å². The number of carbonyl (C=O) groups is 1. The van der Waals surface area contributed by atoms with Crippen LogP contribution in [0.5, 0.6) is 5.75 Å². The number of hydrogen-bond acceptors (Lipinski definition) is 3. The molecule has 3 rings (SSSR count). The summed E-state index contributed by atoms with van der Waals surface area (Å²) in [5.74, 6) is -2.95. The van der Waals surface area contributed by atoms with Crippen molar-refractivity contribution in [2.24, 2.45) is 0 Å². The summed E-state index contributed by atoms with van der Waals surface area (Å²) in [5, 5.41) is 7.86. The molecule has 21 heavy (non-hydrogen) atoms. The fraction of sp³-hybridized carbons (Fsp3) is 0.231. The van der Waals surface area contributed by atoms with Crippen LogP contribution in [0, 0.1) is 11.6 Å². The lowest BCUT2D eigenvalue weighted by molar-refractivity contribution is 0.143. The van der Waals surface area contributed by atoms with E-state index in [1.807, 2.05) is 0 Å². The number of ether oxygens (including phenoxy) is 1. The molecule has 1 N–H and O–H groups in total. The van der Waals surface area contributed by atoms with Gasteiger partial charge in [0.25, 0.3) is 0 Å². The van der Waals surface area contributed by atoms with Gasteiger partial charge in [0.05, 0.1) is 22.1 Å². The van der Waals surface area contributed by atoms with Crippen LogP contribution in [0.15, 0.2) is 17.1 Å². The molecular weight excluding hydrogens is 308 g/mol. The molecule has 1 saturated carbocycles. The predicted octanol–water partition coefficient (Wildman–Crippen LogP) is 3.32. The molecule has 0 atom stereocenters. The second kappa shape index (κ2) is 4.70. The first-order valence-corrected chi connectivity index (χ1v) is 6.41. The molecule has 0 unspecified atom stereocenters. The molecule has 0 amide bonds. The van der Waals surface area contributed by atoms with Crippen LogP contribution in [0.1, 0.15) is 18.9 Å². The van der Waals surface area contributed by atoms with Crippen molar-refractivity contribution in [2.45, 2.75) is 18.9 Å². The first-order chi connectivity index (χ1) is 9.90. The Morgan fingerprint density at radius 3 is 2.62 bits per heavy atom. The zero-order valence-corrected chi connectivity index (χ0v) is 11.2. The maximum atomic E-state index is 14.1. The Hall–Kier alpha value is -2.15. The molecule has 1 aliphatic rings. The van der Waals surface area contributed by atoms with E-state index in [2.05, 4.69) is 4.74 Å². The summed E-state index contributed by atoms with van der Waals surface area (Å²) >= 11 is 5.55. The number of benzene rings is 1. The van der Waals surface area contributed by atoms with E-state index >= 15 is 0 Å². The number of hydrogen-bond donors (Lipinski definition) is 1. The van der Waals surface area contributed by atoms with E-state index in [1.54, 1.807) is 0 Å². The van der Waals surface area contributed by atoms with Crippen LogP contribution in [0.2, 0.25) is 5.02 Å². The third kappa shape index (κ3) is 2.23. The first kappa shape index (κ1) is 13.8. The molecule has 0 saturated heterocycles. The highest BCUT2D eigenvalue weighted by molar-refractivity contribution is 6.31. The van der Waals surface area contributed by atoms with Crippen molar-refractivity contribution in [2.75, 3.05) is 0 Å². The molecule has 2 aromatic rings. The van der Waals surface area contributed by atoms with Crippen molar-refractivity contribution in [3.05, 3.63) is 39.1 Å². The SMILES string of the molecule is O=C(O)Oc1cn(C2CC2)c2c(F)c(F)c(Cl)cc2c1=O. The lowest BCUT2D eigenvalue weighted by Gasteiger charge is -2.13. The average molecular weight is 316 g/mol. The summed E-state index contributed by atoms with van der Waals surface area (Å²) in [5.41, 5.74) is -1.09. The topological polar surface area (TPSA) is 68.5 Å². The largest absolute Gasteiger partial charge is 0.511 e. The molecule has 1 aliphatic carbocycles. The number of pyridine rings is 1. The second-order valence-corrected chi connectivity index (χ2v) is 5.12. The highest BCUT2D eigenvalue weighted by Gasteiger charge is 2.29. The molecule has 0 spiro atoms. The minimum atomic E-state index is -1.66. The van der Waals surface area contributed by atoms with Crippen LogP contribution in [0.3, 0.4) is 0 Å². The molecule has 1 heterocycles. The molecule has 0 bridgehead atoms. The number of halogens is 3. The Bertz CT molecular complexity index is 829. The zero-order valence-electron chi connectivity index (χ0n) is 10.4. The van der Waals surface area contributed by atoms with Crippen molar-refractivity contribution in [3.8, 4) is 5.75 Å². The van der Waals surface area contributed by atoms with Crippen molar-refractivity contribution in [3.63, 3.8) is 0 Å². The molecule has 1 aromatic carbocycles. The van der Waals surface area contributed by atoms with Crippen molar-refractivity contribution < 1.29 is 23.4 Å². The van der Waals surface area contributed by atoms with Crippen molar-refractivity contribution in [1.82, 2.24) is 4.57 Å². The third-order valence-electron chi connectivity index (χ3n) is 3.26. The predicted molar refractivity (Wildman–Crippen MR) is 70.1 cm³/mol. The van der Waals surface area contributed by atoms with Gasteiger partial charge in [0.2, 0.25) is 5.43 Å². The number of nitrogens with zero attached hydrogens (tertiary/aromatic N) is 1. The van der Waals surface area contributed by atoms with Gasteiger partial charge in [-0.3, -0.25) is 4.79 Å². The highest BCUT2D eigenvalue weighted by Crippen LogP contribution is 2.39. The maximum Gasteiger partial charge on any atom is 0.511 e. The highest BCUT2D eigenvalue weighted by atomic mass is 35.5. The lowest BCUT2D eigenvalue weighted by atomic mass is 10.1. The van der Waals surface area contributed by atoms with Crippen LogP contribution in [-0.2, 0) is 0 Å². The van der Waals surface area contributed by atoms with E-state index in [1.165, 1.54) is 4.57 Å². The Labute approximate surface area is 121 Å². The standard InChI is InChI=1S/C13H8ClF2NO4/c14-7-3-6-11(10(16)9(7)15)17(5-1-2-5)4-8(12(6)18)21-13(19)20/h3-5H,1-2H2,(H,19,20). The zero-order chi connectivity index (χ0) is 15.3. The molecule has 110 valence electrons. The summed E-state index contributed by atoms with van der Waals surface area (Å²) in [6.07, 6.45) is 0.859. The minimum Gasteiger partial charge on any atom is -0.449 e. The van der Waals surface area contributed by atoms with Crippen LogP contribution in [0.25, 0.3) is 10.9 Å². The van der Waals surface area contributed by atoms with Gasteiger partial charge in [0.1, 0.15) is 0 Å². The number of carboxylic acid groups (broad SMARTS) is 1. The smallest absolute Gasteiger partial charge is 0.449 e. The third-order valence-corrected chi connectivity index (χ3v) is 3.53. The van der Waals surface area contributed by atoms with Gasteiger partial charge >= 0.3 is 6.16 Å². The fourth-order valence-electron chi connectivity index (χ4n) is 2.20. The maximum absolute atomic E-state index is 14.1. The Morgan fingerprint density at radius 1 is 1.38 bits per heavy atom. The normalized spacial score (nSPS) is 14.4. The molecule has 0 radical (unpaired) electrons. The monoisotopic (exact) mass is 315 g/mol.